The van der Waals surface area contributed by atoms with Crippen molar-refractivity contribution in [1.82, 2.24) is 0 Å². The first-order valence-corrected chi connectivity index (χ1v) is 8.57. The molecule has 0 radical (unpaired) electrons. The lowest BCUT2D eigenvalue weighted by atomic mass is 9.48. The number of rotatable bonds is 5. The van der Waals surface area contributed by atoms with Gasteiger partial charge in [-0.3, -0.25) is 0 Å². The van der Waals surface area contributed by atoms with E-state index in [4.69, 9.17) is 4.74 Å². The van der Waals surface area contributed by atoms with Crippen molar-refractivity contribution in [3.05, 3.63) is 24.3 Å². The molecule has 22 heavy (non-hydrogen) atoms. The van der Waals surface area contributed by atoms with Crippen molar-refractivity contribution < 1.29 is 9.53 Å². The number of hydrogen-bond donors (Lipinski definition) is 1. The summed E-state index contributed by atoms with van der Waals surface area (Å²) in [6.45, 7) is 0. The van der Waals surface area contributed by atoms with E-state index in [9.17, 15) is 4.79 Å². The maximum Gasteiger partial charge on any atom is 0.142 e. The van der Waals surface area contributed by atoms with Crippen LogP contribution in [0.1, 0.15) is 38.5 Å². The van der Waals surface area contributed by atoms with Crippen LogP contribution < -0.4 is 10.1 Å². The molecule has 1 atom stereocenters. The minimum Gasteiger partial charge on any atom is -0.497 e. The van der Waals surface area contributed by atoms with E-state index >= 15 is 0 Å². The van der Waals surface area contributed by atoms with Crippen molar-refractivity contribution >= 4 is 12.0 Å². The topological polar surface area (TPSA) is 38.3 Å². The molecule has 0 saturated heterocycles. The van der Waals surface area contributed by atoms with E-state index in [-0.39, 0.29) is 11.5 Å². The highest BCUT2D eigenvalue weighted by Gasteiger charge is 2.54. The van der Waals surface area contributed by atoms with E-state index in [1.54, 1.807) is 7.11 Å². The Morgan fingerprint density at radius 1 is 1.09 bits per heavy atom. The predicted molar refractivity (Wildman–Crippen MR) is 87.1 cm³/mol. The van der Waals surface area contributed by atoms with Crippen LogP contribution in [0.5, 0.6) is 5.75 Å². The summed E-state index contributed by atoms with van der Waals surface area (Å²) in [6.07, 6.45) is 9.12. The molecule has 0 amide bonds. The molecule has 118 valence electrons. The van der Waals surface area contributed by atoms with Crippen molar-refractivity contribution in [1.29, 1.82) is 0 Å². The van der Waals surface area contributed by atoms with Gasteiger partial charge in [0.2, 0.25) is 0 Å². The molecule has 5 rings (SSSR count). The Balaban J connectivity index is 1.55. The number of benzene rings is 1. The fourth-order valence-electron chi connectivity index (χ4n) is 5.76. The summed E-state index contributed by atoms with van der Waals surface area (Å²) >= 11 is 0. The third-order valence-electron chi connectivity index (χ3n) is 6.29. The van der Waals surface area contributed by atoms with Crippen LogP contribution >= 0.6 is 0 Å². The van der Waals surface area contributed by atoms with E-state index in [2.05, 4.69) is 5.32 Å². The summed E-state index contributed by atoms with van der Waals surface area (Å²) in [5.74, 6) is 3.45. The third kappa shape index (κ3) is 2.31. The molecule has 4 aliphatic rings. The highest BCUT2D eigenvalue weighted by atomic mass is 16.5. The number of carbonyl (C=O) groups excluding carboxylic acids is 1. The van der Waals surface area contributed by atoms with Crippen molar-refractivity contribution in [2.75, 3.05) is 12.4 Å². The zero-order valence-corrected chi connectivity index (χ0v) is 13.3. The van der Waals surface area contributed by atoms with Crippen molar-refractivity contribution in [3.63, 3.8) is 0 Å². The van der Waals surface area contributed by atoms with E-state index in [0.29, 0.717) is 0 Å². The number of hydrogen-bond acceptors (Lipinski definition) is 3. The van der Waals surface area contributed by atoms with Crippen LogP contribution in [0.25, 0.3) is 0 Å². The van der Waals surface area contributed by atoms with E-state index in [1.807, 2.05) is 24.3 Å². The monoisotopic (exact) mass is 299 g/mol. The molecule has 1 unspecified atom stereocenters. The Hall–Kier alpha value is -1.51. The molecule has 3 nitrogen and oxygen atoms in total. The van der Waals surface area contributed by atoms with Crippen molar-refractivity contribution in [2.24, 2.45) is 23.2 Å². The maximum absolute atomic E-state index is 11.9. The lowest BCUT2D eigenvalue weighted by Crippen LogP contribution is -2.54. The minimum atomic E-state index is -0.0469. The van der Waals surface area contributed by atoms with Gasteiger partial charge in [-0.05, 0) is 86.0 Å². The second-order valence-corrected chi connectivity index (χ2v) is 7.77. The molecule has 3 heteroatoms. The predicted octanol–water partition coefficient (Wildman–Crippen LogP) is 3.89. The summed E-state index contributed by atoms with van der Waals surface area (Å²) in [7, 11) is 1.67. The minimum absolute atomic E-state index is 0.0469. The SMILES string of the molecule is COc1ccc(NC(C=O)C23CC4CC(CC(C4)C2)C3)cc1. The summed E-state index contributed by atoms with van der Waals surface area (Å²) in [4.78, 5) is 11.9. The number of anilines is 1. The molecule has 4 bridgehead atoms. The molecule has 1 N–H and O–H groups in total. The summed E-state index contributed by atoms with van der Waals surface area (Å²) in [6, 6.07) is 7.87. The van der Waals surface area contributed by atoms with Crippen LogP contribution in [0, 0.1) is 23.2 Å². The molecule has 4 fully saturated rings. The smallest absolute Gasteiger partial charge is 0.142 e. The normalized spacial score (nSPS) is 36.9. The van der Waals surface area contributed by atoms with E-state index in [1.165, 1.54) is 38.5 Å². The van der Waals surface area contributed by atoms with Gasteiger partial charge >= 0.3 is 0 Å². The second-order valence-electron chi connectivity index (χ2n) is 7.77. The van der Waals surface area contributed by atoms with Crippen LogP contribution in [-0.2, 0) is 4.79 Å². The number of nitrogens with one attached hydrogen (secondary N) is 1. The first-order valence-electron chi connectivity index (χ1n) is 8.57. The van der Waals surface area contributed by atoms with Gasteiger partial charge in [0.05, 0.1) is 13.2 Å². The Morgan fingerprint density at radius 2 is 1.64 bits per heavy atom. The van der Waals surface area contributed by atoms with E-state index < -0.39 is 0 Å². The number of carbonyl (C=O) groups is 1. The lowest BCUT2D eigenvalue weighted by molar-refractivity contribution is -0.118. The molecule has 1 aromatic rings. The highest BCUT2D eigenvalue weighted by Crippen LogP contribution is 2.61. The molecular weight excluding hydrogens is 274 g/mol. The van der Waals surface area contributed by atoms with Gasteiger partial charge in [-0.2, -0.15) is 0 Å². The van der Waals surface area contributed by atoms with Crippen LogP contribution in [0.3, 0.4) is 0 Å². The summed E-state index contributed by atoms with van der Waals surface area (Å²) < 4.78 is 5.20. The zero-order valence-electron chi connectivity index (χ0n) is 13.3. The Morgan fingerprint density at radius 3 is 2.09 bits per heavy atom. The van der Waals surface area contributed by atoms with Gasteiger partial charge in [0.15, 0.2) is 0 Å². The Labute approximate surface area is 132 Å². The van der Waals surface area contributed by atoms with Gasteiger partial charge in [-0.25, -0.2) is 0 Å². The molecule has 4 aliphatic carbocycles. The lowest BCUT2D eigenvalue weighted by Gasteiger charge is -2.58. The number of aldehydes is 1. The number of methoxy groups -OCH3 is 1. The fraction of sp³-hybridized carbons (Fsp3) is 0.632. The third-order valence-corrected chi connectivity index (χ3v) is 6.29. The van der Waals surface area contributed by atoms with Gasteiger partial charge in [0.1, 0.15) is 12.0 Å². The number of ether oxygens (including phenoxy) is 1. The summed E-state index contributed by atoms with van der Waals surface area (Å²) in [5.41, 5.74) is 1.23. The van der Waals surface area contributed by atoms with Crippen LogP contribution in [-0.4, -0.2) is 19.4 Å². The van der Waals surface area contributed by atoms with Gasteiger partial charge in [0, 0.05) is 5.69 Å². The highest BCUT2D eigenvalue weighted by molar-refractivity contribution is 5.66. The molecule has 0 aliphatic heterocycles. The first kappa shape index (κ1) is 14.1. The van der Waals surface area contributed by atoms with Gasteiger partial charge in [-0.1, -0.05) is 0 Å². The fourth-order valence-corrected chi connectivity index (χ4v) is 5.76. The van der Waals surface area contributed by atoms with Crippen LogP contribution in [0.2, 0.25) is 0 Å². The van der Waals surface area contributed by atoms with Crippen molar-refractivity contribution in [3.8, 4) is 5.75 Å². The molecule has 1 aromatic carbocycles. The molecular formula is C19H25NO2. The second kappa shape index (κ2) is 5.29. The molecule has 0 aromatic heterocycles. The van der Waals surface area contributed by atoms with Gasteiger partial charge < -0.3 is 14.8 Å². The van der Waals surface area contributed by atoms with Gasteiger partial charge in [-0.15, -0.1) is 0 Å². The molecule has 0 heterocycles. The Kier molecular flexibility index (Phi) is 3.39. The van der Waals surface area contributed by atoms with E-state index in [0.717, 1.165) is 35.5 Å². The quantitative estimate of drug-likeness (QED) is 0.838. The molecule has 0 spiro atoms. The summed E-state index contributed by atoms with van der Waals surface area (Å²) in [5, 5.41) is 3.51. The van der Waals surface area contributed by atoms with Crippen LogP contribution in [0.4, 0.5) is 5.69 Å². The maximum atomic E-state index is 11.9. The molecule has 4 saturated carbocycles. The average Bonchev–Trinajstić information content (AvgIpc) is 2.51. The van der Waals surface area contributed by atoms with Crippen LogP contribution in [0.15, 0.2) is 24.3 Å². The first-order chi connectivity index (χ1) is 10.7. The van der Waals surface area contributed by atoms with Gasteiger partial charge in [0.25, 0.3) is 0 Å². The zero-order chi connectivity index (χ0) is 15.2. The Bertz CT molecular complexity index is 516. The standard InChI is InChI=1S/C19H25NO2/c1-22-17-4-2-16(3-5-17)20-18(12-21)19-9-13-6-14(10-19)8-15(7-13)11-19/h2-5,12-15,18,20H,6-11H2,1H3. The largest absolute Gasteiger partial charge is 0.497 e. The average molecular weight is 299 g/mol. The van der Waals surface area contributed by atoms with Crippen molar-refractivity contribution in [2.45, 2.75) is 44.6 Å².